The summed E-state index contributed by atoms with van der Waals surface area (Å²) >= 11 is 0. The lowest BCUT2D eigenvalue weighted by Gasteiger charge is -2.23. The number of nitrogens with zero attached hydrogens (tertiary/aromatic N) is 4. The van der Waals surface area contributed by atoms with Crippen LogP contribution < -0.4 is 4.74 Å². The number of aromatic nitrogens is 3. The molecule has 6 heteroatoms. The van der Waals surface area contributed by atoms with Crippen molar-refractivity contribution in [3.63, 3.8) is 0 Å². The van der Waals surface area contributed by atoms with E-state index >= 15 is 0 Å². The first-order valence-corrected chi connectivity index (χ1v) is 11.4. The maximum atomic E-state index is 13.4. The second-order valence-electron chi connectivity index (χ2n) is 8.15. The number of rotatable bonds is 11. The second kappa shape index (κ2) is 10.9. The van der Waals surface area contributed by atoms with Gasteiger partial charge in [-0.25, -0.2) is 9.97 Å². The molecule has 2 heterocycles. The number of imidazole rings is 1. The number of carbonyl (C=O) groups excluding carboxylic acids is 1. The van der Waals surface area contributed by atoms with E-state index in [4.69, 9.17) is 9.72 Å². The second-order valence-corrected chi connectivity index (χ2v) is 8.15. The Bertz CT molecular complexity index is 979. The average molecular weight is 423 g/mol. The molecule has 0 aliphatic rings. The number of amides is 1. The van der Waals surface area contributed by atoms with Gasteiger partial charge in [-0.2, -0.15) is 0 Å². The maximum Gasteiger partial charge on any atom is 0.254 e. The molecule has 0 radical (unpaired) electrons. The van der Waals surface area contributed by atoms with Crippen LogP contribution in [0.3, 0.4) is 0 Å². The third-order valence-electron chi connectivity index (χ3n) is 5.15. The van der Waals surface area contributed by atoms with Crippen LogP contribution in [0.1, 0.15) is 69.6 Å². The highest BCUT2D eigenvalue weighted by Gasteiger charge is 2.20. The van der Waals surface area contributed by atoms with Gasteiger partial charge in [0.15, 0.2) is 5.65 Å². The zero-order chi connectivity index (χ0) is 22.2. The third-order valence-corrected chi connectivity index (χ3v) is 5.15. The minimum Gasteiger partial charge on any atom is -0.491 e. The normalized spacial score (nSPS) is 11.3. The van der Waals surface area contributed by atoms with Gasteiger partial charge < -0.3 is 14.2 Å². The molecule has 0 saturated carbocycles. The molecule has 1 aromatic carbocycles. The summed E-state index contributed by atoms with van der Waals surface area (Å²) in [5.74, 6) is 1.69. The summed E-state index contributed by atoms with van der Waals surface area (Å²) in [6, 6.07) is 11.3. The molecule has 0 aliphatic carbocycles. The molecule has 6 nitrogen and oxygen atoms in total. The van der Waals surface area contributed by atoms with Crippen LogP contribution in [0.4, 0.5) is 0 Å². The van der Waals surface area contributed by atoms with Gasteiger partial charge in [-0.3, -0.25) is 4.79 Å². The maximum absolute atomic E-state index is 13.4. The lowest BCUT2D eigenvalue weighted by Crippen LogP contribution is -2.32. The summed E-state index contributed by atoms with van der Waals surface area (Å²) in [6.45, 7) is 10.3. The van der Waals surface area contributed by atoms with Gasteiger partial charge in [0.2, 0.25) is 0 Å². The van der Waals surface area contributed by atoms with Crippen molar-refractivity contribution < 1.29 is 9.53 Å². The van der Waals surface area contributed by atoms with E-state index in [1.54, 1.807) is 6.20 Å². The number of carbonyl (C=O) groups is 1. The number of unbranched alkanes of at least 4 members (excludes halogenated alkanes) is 2. The Labute approximate surface area is 185 Å². The van der Waals surface area contributed by atoms with E-state index in [0.717, 1.165) is 55.0 Å². The highest BCUT2D eigenvalue weighted by Crippen LogP contribution is 2.19. The fourth-order valence-corrected chi connectivity index (χ4v) is 3.69. The molecule has 3 rings (SSSR count). The Hall–Kier alpha value is -2.89. The van der Waals surface area contributed by atoms with Gasteiger partial charge in [-0.15, -0.1) is 0 Å². The highest BCUT2D eigenvalue weighted by atomic mass is 16.5. The van der Waals surface area contributed by atoms with Gasteiger partial charge in [0.25, 0.3) is 5.91 Å². The Kier molecular flexibility index (Phi) is 8.04. The predicted octanol–water partition coefficient (Wildman–Crippen LogP) is 5.46. The minimum atomic E-state index is 0.0234. The molecule has 0 spiro atoms. The van der Waals surface area contributed by atoms with E-state index in [2.05, 4.69) is 23.4 Å². The Morgan fingerprint density at radius 1 is 1.10 bits per heavy atom. The van der Waals surface area contributed by atoms with Crippen molar-refractivity contribution in [2.75, 3.05) is 6.54 Å². The Morgan fingerprint density at radius 3 is 2.55 bits per heavy atom. The van der Waals surface area contributed by atoms with Gasteiger partial charge in [0, 0.05) is 24.8 Å². The molecule has 3 aromatic rings. The van der Waals surface area contributed by atoms with Crippen molar-refractivity contribution in [1.29, 1.82) is 0 Å². The van der Waals surface area contributed by atoms with Crippen molar-refractivity contribution in [2.24, 2.45) is 0 Å². The molecule has 0 bridgehead atoms. The lowest BCUT2D eigenvalue weighted by molar-refractivity contribution is 0.0734. The van der Waals surface area contributed by atoms with E-state index in [1.807, 2.05) is 55.1 Å². The largest absolute Gasteiger partial charge is 0.491 e. The number of aryl methyl sites for hydroxylation is 1. The smallest absolute Gasteiger partial charge is 0.254 e. The summed E-state index contributed by atoms with van der Waals surface area (Å²) in [5.41, 5.74) is 2.43. The Morgan fingerprint density at radius 2 is 1.87 bits per heavy atom. The van der Waals surface area contributed by atoms with Crippen LogP contribution in [0, 0.1) is 0 Å². The van der Waals surface area contributed by atoms with Crippen LogP contribution in [0.2, 0.25) is 0 Å². The van der Waals surface area contributed by atoms with Crippen LogP contribution >= 0.6 is 0 Å². The van der Waals surface area contributed by atoms with Crippen molar-refractivity contribution in [2.45, 2.75) is 72.6 Å². The van der Waals surface area contributed by atoms with Crippen molar-refractivity contribution in [1.82, 2.24) is 19.4 Å². The average Bonchev–Trinajstić information content (AvgIpc) is 3.10. The number of pyridine rings is 1. The topological polar surface area (TPSA) is 60.2 Å². The van der Waals surface area contributed by atoms with Crippen LogP contribution in [-0.2, 0) is 13.1 Å². The van der Waals surface area contributed by atoms with E-state index in [9.17, 15) is 4.79 Å². The molecular weight excluding hydrogens is 388 g/mol. The van der Waals surface area contributed by atoms with E-state index in [-0.39, 0.29) is 12.0 Å². The van der Waals surface area contributed by atoms with Crippen LogP contribution in [0.15, 0.2) is 42.6 Å². The van der Waals surface area contributed by atoms with Crippen LogP contribution in [0.25, 0.3) is 11.2 Å². The van der Waals surface area contributed by atoms with Crippen molar-refractivity contribution in [3.05, 3.63) is 54.0 Å². The molecule has 2 aromatic heterocycles. The number of hydrogen-bond acceptors (Lipinski definition) is 4. The van der Waals surface area contributed by atoms with Gasteiger partial charge >= 0.3 is 0 Å². The van der Waals surface area contributed by atoms with E-state index < -0.39 is 0 Å². The quantitative estimate of drug-likeness (QED) is 0.385. The molecule has 0 aliphatic heterocycles. The summed E-state index contributed by atoms with van der Waals surface area (Å²) in [7, 11) is 0. The van der Waals surface area contributed by atoms with Gasteiger partial charge in [-0.05, 0) is 63.1 Å². The molecule has 0 atom stereocenters. The van der Waals surface area contributed by atoms with Crippen LogP contribution in [-0.4, -0.2) is 38.0 Å². The molecule has 0 unspecified atom stereocenters. The molecule has 1 amide bonds. The zero-order valence-corrected chi connectivity index (χ0v) is 19.2. The minimum absolute atomic E-state index is 0.0234. The Balaban J connectivity index is 1.86. The molecule has 0 saturated heterocycles. The number of benzene rings is 1. The van der Waals surface area contributed by atoms with Crippen molar-refractivity contribution in [3.8, 4) is 5.75 Å². The monoisotopic (exact) mass is 422 g/mol. The highest BCUT2D eigenvalue weighted by molar-refractivity contribution is 5.94. The molecule has 0 fully saturated rings. The van der Waals surface area contributed by atoms with Crippen LogP contribution in [0.5, 0.6) is 5.75 Å². The molecule has 31 heavy (non-hydrogen) atoms. The molecule has 0 N–H and O–H groups in total. The lowest BCUT2D eigenvalue weighted by atomic mass is 10.1. The fraction of sp³-hybridized carbons (Fsp3) is 0.480. The SMILES string of the molecule is CCCCCN(Cc1nc2cccnc2n1CCC)C(=O)c1ccc(OC(C)C)cc1. The van der Waals surface area contributed by atoms with Gasteiger partial charge in [-0.1, -0.05) is 26.7 Å². The number of fused-ring (bicyclic) bond motifs is 1. The van der Waals surface area contributed by atoms with E-state index in [0.29, 0.717) is 18.7 Å². The van der Waals surface area contributed by atoms with E-state index in [1.165, 1.54) is 0 Å². The van der Waals surface area contributed by atoms with Gasteiger partial charge in [0.05, 0.1) is 12.6 Å². The first kappa shape index (κ1) is 22.8. The standard InChI is InChI=1S/C25H34N4O2/c1-5-7-8-17-28(25(30)20-11-13-21(14-12-20)31-19(3)4)18-23-27-22-10-9-15-26-24(22)29(23)16-6-2/h9-15,19H,5-8,16-18H2,1-4H3. The van der Waals surface area contributed by atoms with Crippen molar-refractivity contribution >= 4 is 17.1 Å². The molecular formula is C25H34N4O2. The first-order chi connectivity index (χ1) is 15.0. The molecule has 166 valence electrons. The predicted molar refractivity (Wildman–Crippen MR) is 124 cm³/mol. The van der Waals surface area contributed by atoms with Gasteiger partial charge in [0.1, 0.15) is 17.1 Å². The summed E-state index contributed by atoms with van der Waals surface area (Å²) in [4.78, 5) is 24.6. The summed E-state index contributed by atoms with van der Waals surface area (Å²) < 4.78 is 7.86. The zero-order valence-electron chi connectivity index (χ0n) is 19.2. The number of hydrogen-bond donors (Lipinski definition) is 0. The first-order valence-electron chi connectivity index (χ1n) is 11.4. The third kappa shape index (κ3) is 5.84. The number of ether oxygens (including phenoxy) is 1. The fourth-order valence-electron chi connectivity index (χ4n) is 3.69. The summed E-state index contributed by atoms with van der Waals surface area (Å²) in [5, 5.41) is 0. The summed E-state index contributed by atoms with van der Waals surface area (Å²) in [6.07, 6.45) is 6.07.